The van der Waals surface area contributed by atoms with E-state index in [1.807, 2.05) is 4.90 Å². The summed E-state index contributed by atoms with van der Waals surface area (Å²) in [6.45, 7) is 3.09. The van der Waals surface area contributed by atoms with Crippen LogP contribution in [0, 0.1) is 0 Å². The molecule has 1 aliphatic rings. The Morgan fingerprint density at radius 1 is 0.788 bits per heavy atom. The van der Waals surface area contributed by atoms with E-state index in [2.05, 4.69) is 60.7 Å². The smallest absolute Gasteiger partial charge is 0.254 e. The molecule has 4 rings (SSSR count). The summed E-state index contributed by atoms with van der Waals surface area (Å²) in [5.74, 6) is 1.43. The van der Waals surface area contributed by atoms with E-state index in [9.17, 15) is 4.79 Å². The molecule has 1 amide bonds. The lowest BCUT2D eigenvalue weighted by molar-refractivity contribution is -0.929. The number of nitrogens with zero attached hydrogens (tertiary/aromatic N) is 1. The van der Waals surface area contributed by atoms with E-state index < -0.39 is 0 Å². The van der Waals surface area contributed by atoms with Gasteiger partial charge in [0.2, 0.25) is 5.75 Å². The second-order valence-electron chi connectivity index (χ2n) is 8.12. The van der Waals surface area contributed by atoms with Gasteiger partial charge in [0, 0.05) is 16.7 Å². The fourth-order valence-corrected chi connectivity index (χ4v) is 4.63. The van der Waals surface area contributed by atoms with Crippen molar-refractivity contribution in [1.29, 1.82) is 0 Å². The molecule has 1 saturated heterocycles. The number of hydrogen-bond donors (Lipinski definition) is 1. The Kier molecular flexibility index (Phi) is 7.15. The molecule has 33 heavy (non-hydrogen) atoms. The lowest BCUT2D eigenvalue weighted by Gasteiger charge is -2.37. The predicted molar refractivity (Wildman–Crippen MR) is 127 cm³/mol. The molecule has 1 N–H and O–H groups in total. The van der Waals surface area contributed by atoms with Crippen molar-refractivity contribution in [3.05, 3.63) is 89.5 Å². The van der Waals surface area contributed by atoms with Crippen LogP contribution in [-0.4, -0.2) is 58.3 Å². The van der Waals surface area contributed by atoms with Crippen molar-refractivity contribution >= 4 is 5.91 Å². The molecule has 1 aliphatic heterocycles. The second kappa shape index (κ2) is 10.4. The average molecular weight is 448 g/mol. The zero-order chi connectivity index (χ0) is 23.2. The van der Waals surface area contributed by atoms with Gasteiger partial charge in [0.1, 0.15) is 6.04 Å². The molecule has 172 valence electrons. The number of nitrogens with one attached hydrogen (secondary N) is 1. The summed E-state index contributed by atoms with van der Waals surface area (Å²) in [7, 11) is 4.67. The van der Waals surface area contributed by atoms with Crippen molar-refractivity contribution < 1.29 is 23.9 Å². The zero-order valence-electron chi connectivity index (χ0n) is 19.4. The maximum absolute atomic E-state index is 13.3. The van der Waals surface area contributed by atoms with Crippen molar-refractivity contribution in [2.75, 3.05) is 47.5 Å². The minimum atomic E-state index is -0.0238. The van der Waals surface area contributed by atoms with Gasteiger partial charge in [-0.25, -0.2) is 0 Å². The largest absolute Gasteiger partial charge is 0.493 e. The number of rotatable bonds is 7. The first-order valence-corrected chi connectivity index (χ1v) is 11.2. The van der Waals surface area contributed by atoms with E-state index in [1.54, 1.807) is 33.5 Å². The minimum Gasteiger partial charge on any atom is -0.493 e. The van der Waals surface area contributed by atoms with E-state index in [0.29, 0.717) is 35.9 Å². The third-order valence-electron chi connectivity index (χ3n) is 6.28. The van der Waals surface area contributed by atoms with Gasteiger partial charge in [0.15, 0.2) is 11.5 Å². The van der Waals surface area contributed by atoms with Crippen LogP contribution >= 0.6 is 0 Å². The van der Waals surface area contributed by atoms with Crippen molar-refractivity contribution in [3.8, 4) is 17.2 Å². The zero-order valence-corrected chi connectivity index (χ0v) is 19.4. The number of quaternary nitrogens is 1. The predicted octanol–water partition coefficient (Wildman–Crippen LogP) is 2.84. The number of methoxy groups -OCH3 is 3. The van der Waals surface area contributed by atoms with Crippen LogP contribution in [-0.2, 0) is 0 Å². The molecule has 1 heterocycles. The number of carbonyl (C=O) groups excluding carboxylic acids is 1. The fourth-order valence-electron chi connectivity index (χ4n) is 4.63. The quantitative estimate of drug-likeness (QED) is 0.605. The molecule has 0 radical (unpaired) electrons. The Bertz CT molecular complexity index is 999. The summed E-state index contributed by atoms with van der Waals surface area (Å²) < 4.78 is 16.2. The molecule has 0 saturated carbocycles. The van der Waals surface area contributed by atoms with Crippen molar-refractivity contribution in [1.82, 2.24) is 4.90 Å². The Morgan fingerprint density at radius 2 is 1.27 bits per heavy atom. The van der Waals surface area contributed by atoms with Gasteiger partial charge in [-0.2, -0.15) is 0 Å². The maximum Gasteiger partial charge on any atom is 0.254 e. The molecule has 0 spiro atoms. The molecule has 3 aromatic carbocycles. The average Bonchev–Trinajstić information content (AvgIpc) is 2.89. The van der Waals surface area contributed by atoms with Crippen LogP contribution in [0.2, 0.25) is 0 Å². The van der Waals surface area contributed by atoms with Gasteiger partial charge in [0.05, 0.1) is 47.5 Å². The summed E-state index contributed by atoms with van der Waals surface area (Å²) in [5.41, 5.74) is 3.13. The Balaban J connectivity index is 1.53. The summed E-state index contributed by atoms with van der Waals surface area (Å²) in [5, 5.41) is 0. The molecule has 1 fully saturated rings. The molecule has 0 bridgehead atoms. The number of amides is 1. The van der Waals surface area contributed by atoms with Gasteiger partial charge in [-0.15, -0.1) is 0 Å². The summed E-state index contributed by atoms with van der Waals surface area (Å²) >= 11 is 0. The highest BCUT2D eigenvalue weighted by Gasteiger charge is 2.32. The molecule has 0 aliphatic carbocycles. The van der Waals surface area contributed by atoms with Gasteiger partial charge >= 0.3 is 0 Å². The van der Waals surface area contributed by atoms with Crippen LogP contribution in [0.1, 0.15) is 27.5 Å². The van der Waals surface area contributed by atoms with Crippen molar-refractivity contribution in [2.45, 2.75) is 6.04 Å². The van der Waals surface area contributed by atoms with Gasteiger partial charge in [-0.1, -0.05) is 60.7 Å². The van der Waals surface area contributed by atoms with Gasteiger partial charge in [-0.05, 0) is 12.1 Å². The van der Waals surface area contributed by atoms with Crippen LogP contribution in [0.25, 0.3) is 0 Å². The van der Waals surface area contributed by atoms with E-state index >= 15 is 0 Å². The van der Waals surface area contributed by atoms with E-state index in [4.69, 9.17) is 14.2 Å². The van der Waals surface area contributed by atoms with Gasteiger partial charge < -0.3 is 24.0 Å². The SMILES string of the molecule is COc1cc(C(=O)N2CC[NH+](C(c3ccccc3)c3ccccc3)CC2)cc(OC)c1OC. The summed E-state index contributed by atoms with van der Waals surface area (Å²) in [6.07, 6.45) is 0. The van der Waals surface area contributed by atoms with Crippen molar-refractivity contribution in [2.24, 2.45) is 0 Å². The fraction of sp³-hybridized carbons (Fsp3) is 0.296. The highest BCUT2D eigenvalue weighted by atomic mass is 16.5. The van der Waals surface area contributed by atoms with Crippen LogP contribution in [0.4, 0.5) is 0 Å². The van der Waals surface area contributed by atoms with E-state index in [-0.39, 0.29) is 11.9 Å². The monoisotopic (exact) mass is 447 g/mol. The van der Waals surface area contributed by atoms with Gasteiger partial charge in [0.25, 0.3) is 5.91 Å². The third kappa shape index (κ3) is 4.81. The molecule has 6 nitrogen and oxygen atoms in total. The first-order valence-electron chi connectivity index (χ1n) is 11.2. The Hall–Kier alpha value is -3.51. The maximum atomic E-state index is 13.3. The number of carbonyl (C=O) groups is 1. The van der Waals surface area contributed by atoms with E-state index in [1.165, 1.54) is 16.0 Å². The van der Waals surface area contributed by atoms with Crippen LogP contribution in [0.3, 0.4) is 0 Å². The molecule has 0 atom stereocenters. The molecule has 0 aromatic heterocycles. The summed E-state index contributed by atoms with van der Waals surface area (Å²) in [4.78, 5) is 16.7. The normalized spacial score (nSPS) is 14.2. The number of hydrogen-bond acceptors (Lipinski definition) is 4. The van der Waals surface area contributed by atoms with Crippen molar-refractivity contribution in [3.63, 3.8) is 0 Å². The molecular formula is C27H31N2O4+. The van der Waals surface area contributed by atoms with Crippen LogP contribution < -0.4 is 19.1 Å². The highest BCUT2D eigenvalue weighted by molar-refractivity contribution is 5.95. The topological polar surface area (TPSA) is 52.4 Å². The first-order chi connectivity index (χ1) is 16.2. The minimum absolute atomic E-state index is 0.0238. The second-order valence-corrected chi connectivity index (χ2v) is 8.12. The Morgan fingerprint density at radius 3 is 1.70 bits per heavy atom. The first kappa shape index (κ1) is 22.7. The molecule has 3 aromatic rings. The lowest BCUT2D eigenvalue weighted by Crippen LogP contribution is -3.15. The van der Waals surface area contributed by atoms with Gasteiger partial charge in [-0.3, -0.25) is 4.79 Å². The van der Waals surface area contributed by atoms with E-state index in [0.717, 1.165) is 13.1 Å². The number of ether oxygens (including phenoxy) is 3. The molecular weight excluding hydrogens is 416 g/mol. The Labute approximate surface area is 195 Å². The molecule has 0 unspecified atom stereocenters. The summed E-state index contributed by atoms with van der Waals surface area (Å²) in [6, 6.07) is 24.9. The number of benzene rings is 3. The molecule has 6 heteroatoms. The number of piperazine rings is 1. The highest BCUT2D eigenvalue weighted by Crippen LogP contribution is 2.38. The third-order valence-corrected chi connectivity index (χ3v) is 6.28. The van der Waals surface area contributed by atoms with Crippen LogP contribution in [0.15, 0.2) is 72.8 Å². The lowest BCUT2D eigenvalue weighted by atomic mass is 9.96. The van der Waals surface area contributed by atoms with Crippen LogP contribution in [0.5, 0.6) is 17.2 Å². The standard InChI is InChI=1S/C27H30N2O4/c1-31-23-18-22(19-24(32-2)26(23)33-3)27(30)29-16-14-28(15-17-29)25(20-10-6-4-7-11-20)21-12-8-5-9-13-21/h4-13,18-19,25H,14-17H2,1-3H3/p+1.